The van der Waals surface area contributed by atoms with Crippen LogP contribution in [0.1, 0.15) is 33.5 Å². The minimum Gasteiger partial charge on any atom is -0.497 e. The number of aromatic nitrogens is 4. The predicted octanol–water partition coefficient (Wildman–Crippen LogP) is 3.38. The number of carbonyl (C=O) groups is 1. The van der Waals surface area contributed by atoms with Gasteiger partial charge in [0.25, 0.3) is 5.95 Å². The van der Waals surface area contributed by atoms with Gasteiger partial charge >= 0.3 is 0 Å². The number of nitrogens with one attached hydrogen (secondary N) is 1. The van der Waals surface area contributed by atoms with E-state index in [9.17, 15) is 4.79 Å². The Bertz CT molecular complexity index is 1110. The molecule has 0 saturated heterocycles. The third-order valence-corrected chi connectivity index (χ3v) is 6.14. The van der Waals surface area contributed by atoms with Crippen LogP contribution in [0, 0.1) is 20.8 Å². The smallest absolute Gasteiger partial charge is 0.252 e. The van der Waals surface area contributed by atoms with Gasteiger partial charge in [-0.15, -0.1) is 11.8 Å². The zero-order valence-corrected chi connectivity index (χ0v) is 18.3. The standard InChI is InChI=1S/C21H23N5O3S/c1-11-8-12(2)23-21(22-11)26-20-18(13(3)25-26)19(30-10-17(27)24-20)15-7-6-14(28-4)9-16(15)29-5/h6-9,19H,10H2,1-5H3,(H,24,27)/t19-/m1/s1. The van der Waals surface area contributed by atoms with Crippen molar-refractivity contribution in [1.29, 1.82) is 0 Å². The third-order valence-electron chi connectivity index (χ3n) is 4.89. The Morgan fingerprint density at radius 1 is 1.10 bits per heavy atom. The van der Waals surface area contributed by atoms with Crippen molar-refractivity contribution in [3.05, 3.63) is 52.5 Å². The molecule has 0 unspecified atom stereocenters. The summed E-state index contributed by atoms with van der Waals surface area (Å²) >= 11 is 1.53. The molecule has 0 aliphatic carbocycles. The molecule has 0 fully saturated rings. The monoisotopic (exact) mass is 425 g/mol. The summed E-state index contributed by atoms with van der Waals surface area (Å²) in [6, 6.07) is 7.62. The number of amides is 1. The molecule has 1 N–H and O–H groups in total. The van der Waals surface area contributed by atoms with E-state index in [-0.39, 0.29) is 11.2 Å². The van der Waals surface area contributed by atoms with Crippen LogP contribution in [0.2, 0.25) is 0 Å². The zero-order chi connectivity index (χ0) is 21.4. The number of fused-ring (bicyclic) bond motifs is 1. The molecule has 30 heavy (non-hydrogen) atoms. The zero-order valence-electron chi connectivity index (χ0n) is 17.5. The Labute approximate surface area is 179 Å². The maximum atomic E-state index is 12.5. The fourth-order valence-corrected chi connectivity index (χ4v) is 4.82. The van der Waals surface area contributed by atoms with E-state index in [0.29, 0.717) is 29.0 Å². The normalized spacial score (nSPS) is 15.9. The van der Waals surface area contributed by atoms with Gasteiger partial charge in [0.15, 0.2) is 0 Å². The number of methoxy groups -OCH3 is 2. The first-order chi connectivity index (χ1) is 14.4. The van der Waals surface area contributed by atoms with E-state index < -0.39 is 0 Å². The van der Waals surface area contributed by atoms with E-state index in [1.165, 1.54) is 11.8 Å². The van der Waals surface area contributed by atoms with E-state index in [0.717, 1.165) is 28.2 Å². The van der Waals surface area contributed by atoms with Crippen molar-refractivity contribution in [3.8, 4) is 17.4 Å². The minimum absolute atomic E-state index is 0.0956. The molecule has 2 aromatic heterocycles. The van der Waals surface area contributed by atoms with E-state index in [4.69, 9.17) is 9.47 Å². The Morgan fingerprint density at radius 2 is 1.83 bits per heavy atom. The first kappa shape index (κ1) is 20.2. The highest BCUT2D eigenvalue weighted by molar-refractivity contribution is 8.00. The van der Waals surface area contributed by atoms with Gasteiger partial charge in [0.05, 0.1) is 30.9 Å². The maximum Gasteiger partial charge on any atom is 0.252 e. The summed E-state index contributed by atoms with van der Waals surface area (Å²) < 4.78 is 12.6. The highest BCUT2D eigenvalue weighted by atomic mass is 32.2. The first-order valence-corrected chi connectivity index (χ1v) is 10.5. The first-order valence-electron chi connectivity index (χ1n) is 9.46. The van der Waals surface area contributed by atoms with Crippen LogP contribution in [-0.2, 0) is 4.79 Å². The van der Waals surface area contributed by atoms with Gasteiger partial charge in [-0.25, -0.2) is 9.97 Å². The number of nitrogens with zero attached hydrogens (tertiary/aromatic N) is 4. The van der Waals surface area contributed by atoms with Crippen LogP contribution in [0.15, 0.2) is 24.3 Å². The molecule has 1 aliphatic rings. The predicted molar refractivity (Wildman–Crippen MR) is 116 cm³/mol. The van der Waals surface area contributed by atoms with Crippen LogP contribution in [0.25, 0.3) is 5.95 Å². The van der Waals surface area contributed by atoms with Crippen LogP contribution in [0.4, 0.5) is 5.82 Å². The van der Waals surface area contributed by atoms with Gasteiger partial charge in [-0.05, 0) is 32.9 Å². The number of thioether (sulfide) groups is 1. The largest absolute Gasteiger partial charge is 0.497 e. The fourth-order valence-electron chi connectivity index (χ4n) is 3.61. The summed E-state index contributed by atoms with van der Waals surface area (Å²) in [4.78, 5) is 21.6. The highest BCUT2D eigenvalue weighted by Crippen LogP contribution is 2.47. The van der Waals surface area contributed by atoms with Crippen molar-refractivity contribution in [1.82, 2.24) is 19.7 Å². The summed E-state index contributed by atoms with van der Waals surface area (Å²) in [5.41, 5.74) is 4.33. The molecule has 3 aromatic rings. The van der Waals surface area contributed by atoms with E-state index in [2.05, 4.69) is 20.4 Å². The second-order valence-corrected chi connectivity index (χ2v) is 8.15. The summed E-state index contributed by atoms with van der Waals surface area (Å²) in [6.45, 7) is 5.75. The molecule has 0 saturated carbocycles. The van der Waals surface area contributed by atoms with Gasteiger partial charge in [-0.2, -0.15) is 9.78 Å². The lowest BCUT2D eigenvalue weighted by molar-refractivity contribution is -0.113. The lowest BCUT2D eigenvalue weighted by atomic mass is 10.0. The summed E-state index contributed by atoms with van der Waals surface area (Å²) in [5.74, 6) is 2.64. The lowest BCUT2D eigenvalue weighted by Crippen LogP contribution is -2.17. The molecule has 9 heteroatoms. The Morgan fingerprint density at radius 3 is 2.50 bits per heavy atom. The Balaban J connectivity index is 1.91. The second kappa shape index (κ2) is 7.98. The number of rotatable bonds is 4. The summed E-state index contributed by atoms with van der Waals surface area (Å²) in [5, 5.41) is 7.53. The Hall–Kier alpha value is -3.07. The average Bonchev–Trinajstić information content (AvgIpc) is 2.92. The fraction of sp³-hybridized carbons (Fsp3) is 0.333. The topological polar surface area (TPSA) is 91.2 Å². The van der Waals surface area contributed by atoms with Crippen LogP contribution in [0.3, 0.4) is 0 Å². The molecule has 8 nitrogen and oxygen atoms in total. The number of anilines is 1. The van der Waals surface area contributed by atoms with Crippen molar-refractivity contribution in [2.24, 2.45) is 0 Å². The highest BCUT2D eigenvalue weighted by Gasteiger charge is 2.32. The van der Waals surface area contributed by atoms with E-state index in [1.807, 2.05) is 45.0 Å². The van der Waals surface area contributed by atoms with Gasteiger partial charge in [0.1, 0.15) is 17.3 Å². The van der Waals surface area contributed by atoms with Crippen LogP contribution in [0.5, 0.6) is 11.5 Å². The van der Waals surface area contributed by atoms with Gasteiger partial charge < -0.3 is 14.8 Å². The molecule has 0 bridgehead atoms. The Kier molecular flexibility index (Phi) is 5.38. The number of carbonyl (C=O) groups excluding carboxylic acids is 1. The maximum absolute atomic E-state index is 12.5. The van der Waals surface area contributed by atoms with Crippen LogP contribution in [-0.4, -0.2) is 45.6 Å². The van der Waals surface area contributed by atoms with Crippen molar-refractivity contribution in [2.45, 2.75) is 26.0 Å². The number of aryl methyl sites for hydroxylation is 3. The molecule has 4 rings (SSSR count). The quantitative estimate of drug-likeness (QED) is 0.685. The van der Waals surface area contributed by atoms with Gasteiger partial charge in [-0.1, -0.05) is 6.07 Å². The molecular formula is C21H23N5O3S. The third kappa shape index (κ3) is 3.60. The minimum atomic E-state index is -0.153. The number of hydrogen-bond acceptors (Lipinski definition) is 7. The number of hydrogen-bond donors (Lipinski definition) is 1. The van der Waals surface area contributed by atoms with Gasteiger partial charge in [-0.3, -0.25) is 4.79 Å². The molecule has 1 aromatic carbocycles. The lowest BCUT2D eigenvalue weighted by Gasteiger charge is -2.19. The van der Waals surface area contributed by atoms with Gasteiger partial charge in [0.2, 0.25) is 5.91 Å². The molecule has 0 spiro atoms. The summed E-state index contributed by atoms with van der Waals surface area (Å²) in [7, 11) is 3.25. The second-order valence-electron chi connectivity index (χ2n) is 7.06. The van der Waals surface area contributed by atoms with Crippen LogP contribution < -0.4 is 14.8 Å². The number of benzene rings is 1. The van der Waals surface area contributed by atoms with Gasteiger partial charge in [0, 0.05) is 28.6 Å². The molecule has 1 amide bonds. The summed E-state index contributed by atoms with van der Waals surface area (Å²) in [6.07, 6.45) is 0. The van der Waals surface area contributed by atoms with E-state index >= 15 is 0 Å². The molecule has 1 atom stereocenters. The van der Waals surface area contributed by atoms with Crippen molar-refractivity contribution < 1.29 is 14.3 Å². The van der Waals surface area contributed by atoms with E-state index in [1.54, 1.807) is 18.9 Å². The molecule has 1 aliphatic heterocycles. The SMILES string of the molecule is COc1ccc([C@H]2SCC(=O)Nc3c2c(C)nn3-c2nc(C)cc(C)n2)c(OC)c1. The van der Waals surface area contributed by atoms with Crippen molar-refractivity contribution >= 4 is 23.5 Å². The van der Waals surface area contributed by atoms with Crippen molar-refractivity contribution in [3.63, 3.8) is 0 Å². The molecular weight excluding hydrogens is 402 g/mol. The molecule has 156 valence electrons. The molecule has 0 radical (unpaired) electrons. The molecule has 3 heterocycles. The average molecular weight is 426 g/mol. The van der Waals surface area contributed by atoms with Crippen LogP contribution >= 0.6 is 11.8 Å². The van der Waals surface area contributed by atoms with Crippen molar-refractivity contribution in [2.75, 3.05) is 25.3 Å². The number of ether oxygens (including phenoxy) is 2.